The van der Waals surface area contributed by atoms with Gasteiger partial charge in [0.2, 0.25) is 10.0 Å². The number of nitrogens with zero attached hydrogens (tertiary/aromatic N) is 1. The Balaban J connectivity index is 1.88. The second kappa shape index (κ2) is 9.13. The van der Waals surface area contributed by atoms with Crippen LogP contribution >= 0.6 is 0 Å². The third kappa shape index (κ3) is 5.35. The van der Waals surface area contributed by atoms with Crippen molar-refractivity contribution in [2.75, 3.05) is 31.3 Å². The summed E-state index contributed by atoms with van der Waals surface area (Å²) < 4.78 is 43.1. The van der Waals surface area contributed by atoms with Crippen LogP contribution in [0.5, 0.6) is 17.2 Å². The van der Waals surface area contributed by atoms with Gasteiger partial charge in [0.25, 0.3) is 5.91 Å². The first-order chi connectivity index (χ1) is 15.3. The summed E-state index contributed by atoms with van der Waals surface area (Å²) in [6, 6.07) is 10.3. The van der Waals surface area contributed by atoms with Gasteiger partial charge in [0.15, 0.2) is 6.10 Å². The summed E-state index contributed by atoms with van der Waals surface area (Å²) in [5.41, 5.74) is 1.98. The van der Waals surface area contributed by atoms with E-state index in [1.807, 2.05) is 39.8 Å². The molecule has 33 heavy (non-hydrogen) atoms. The summed E-state index contributed by atoms with van der Waals surface area (Å²) in [5.74, 6) is 1.16. The van der Waals surface area contributed by atoms with Gasteiger partial charge >= 0.3 is 0 Å². The summed E-state index contributed by atoms with van der Waals surface area (Å²) in [4.78, 5) is 13.1. The number of methoxy groups -OCH3 is 2. The van der Waals surface area contributed by atoms with E-state index in [9.17, 15) is 13.2 Å². The van der Waals surface area contributed by atoms with Crippen molar-refractivity contribution in [2.24, 2.45) is 0 Å². The van der Waals surface area contributed by atoms with Gasteiger partial charge in [-0.2, -0.15) is 0 Å². The van der Waals surface area contributed by atoms with Gasteiger partial charge in [-0.15, -0.1) is 0 Å². The van der Waals surface area contributed by atoms with Crippen LogP contribution in [0.25, 0.3) is 0 Å². The Hall–Kier alpha value is -2.94. The van der Waals surface area contributed by atoms with Crippen molar-refractivity contribution in [3.63, 3.8) is 0 Å². The summed E-state index contributed by atoms with van der Waals surface area (Å²) >= 11 is 0. The Kier molecular flexibility index (Phi) is 6.83. The zero-order valence-corrected chi connectivity index (χ0v) is 20.9. The molecular weight excluding hydrogens is 444 g/mol. The van der Waals surface area contributed by atoms with Crippen LogP contribution < -0.4 is 23.8 Å². The molecule has 9 heteroatoms. The normalized spacial score (nSPS) is 16.9. The number of amides is 1. The van der Waals surface area contributed by atoms with Crippen LogP contribution in [0.1, 0.15) is 44.9 Å². The first kappa shape index (κ1) is 24.7. The minimum absolute atomic E-state index is 0.118. The monoisotopic (exact) mass is 476 g/mol. The van der Waals surface area contributed by atoms with Crippen LogP contribution in [0.15, 0.2) is 36.4 Å². The fourth-order valence-electron chi connectivity index (χ4n) is 3.73. The van der Waals surface area contributed by atoms with Crippen LogP contribution in [-0.4, -0.2) is 47.4 Å². The van der Waals surface area contributed by atoms with E-state index in [2.05, 4.69) is 5.32 Å². The van der Waals surface area contributed by atoms with Gasteiger partial charge in [-0.05, 0) is 48.2 Å². The maximum Gasteiger partial charge on any atom is 0.263 e. The number of hydrogen-bond donors (Lipinski definition) is 1. The Labute approximate surface area is 195 Å². The molecule has 0 aromatic heterocycles. The van der Waals surface area contributed by atoms with Crippen molar-refractivity contribution in [3.05, 3.63) is 47.5 Å². The highest BCUT2D eigenvalue weighted by molar-refractivity contribution is 7.92. The highest BCUT2D eigenvalue weighted by Gasteiger charge is 2.36. The lowest BCUT2D eigenvalue weighted by atomic mass is 9.86. The average molecular weight is 477 g/mol. The molecule has 1 aliphatic rings. The molecule has 2 aromatic rings. The van der Waals surface area contributed by atoms with Crippen molar-refractivity contribution < 1.29 is 27.4 Å². The van der Waals surface area contributed by atoms with E-state index in [4.69, 9.17) is 14.2 Å². The summed E-state index contributed by atoms with van der Waals surface area (Å²) in [6.45, 7) is 7.85. The molecule has 1 N–H and O–H groups in total. The van der Waals surface area contributed by atoms with Gasteiger partial charge in [0.1, 0.15) is 17.2 Å². The first-order valence-electron chi connectivity index (χ1n) is 10.7. The molecule has 2 atom stereocenters. The Morgan fingerprint density at radius 3 is 2.42 bits per heavy atom. The lowest BCUT2D eigenvalue weighted by Crippen LogP contribution is -2.51. The van der Waals surface area contributed by atoms with Crippen molar-refractivity contribution in [1.82, 2.24) is 5.32 Å². The molecule has 8 nitrogen and oxygen atoms in total. The quantitative estimate of drug-likeness (QED) is 0.687. The largest absolute Gasteiger partial charge is 0.497 e. The van der Waals surface area contributed by atoms with E-state index in [0.717, 1.165) is 17.4 Å². The molecule has 2 aromatic carbocycles. The molecule has 0 aliphatic carbocycles. The molecule has 3 rings (SSSR count). The zero-order valence-electron chi connectivity index (χ0n) is 20.1. The predicted octanol–water partition coefficient (Wildman–Crippen LogP) is 3.41. The number of hydrogen-bond acceptors (Lipinski definition) is 6. The van der Waals surface area contributed by atoms with Crippen molar-refractivity contribution in [1.29, 1.82) is 0 Å². The number of anilines is 1. The van der Waals surface area contributed by atoms with E-state index in [1.54, 1.807) is 38.5 Å². The van der Waals surface area contributed by atoms with Crippen molar-refractivity contribution in [2.45, 2.75) is 45.3 Å². The number of rotatable bonds is 6. The van der Waals surface area contributed by atoms with Gasteiger partial charge in [-0.25, -0.2) is 8.42 Å². The molecule has 0 bridgehead atoms. The highest BCUT2D eigenvalue weighted by atomic mass is 32.2. The van der Waals surface area contributed by atoms with E-state index < -0.39 is 28.1 Å². The first-order valence-corrected chi connectivity index (χ1v) is 12.5. The van der Waals surface area contributed by atoms with Crippen LogP contribution in [0.2, 0.25) is 0 Å². The summed E-state index contributed by atoms with van der Waals surface area (Å²) in [7, 11) is -0.517. The van der Waals surface area contributed by atoms with Gasteiger partial charge in [0, 0.05) is 5.56 Å². The molecular formula is C24H32N2O6S. The van der Waals surface area contributed by atoms with E-state index >= 15 is 0 Å². The van der Waals surface area contributed by atoms with Gasteiger partial charge < -0.3 is 19.5 Å². The summed E-state index contributed by atoms with van der Waals surface area (Å²) in [5, 5.41) is 2.91. The molecule has 0 fully saturated rings. The maximum atomic E-state index is 13.1. The second-order valence-corrected chi connectivity index (χ2v) is 11.1. The molecule has 180 valence electrons. The predicted molar refractivity (Wildman–Crippen MR) is 128 cm³/mol. The number of carbonyl (C=O) groups is 1. The molecule has 1 heterocycles. The van der Waals surface area contributed by atoms with E-state index in [1.165, 1.54) is 4.31 Å². The highest BCUT2D eigenvalue weighted by Crippen LogP contribution is 2.39. The zero-order chi connectivity index (χ0) is 24.6. The van der Waals surface area contributed by atoms with Crippen LogP contribution in [0, 0.1) is 0 Å². The molecule has 0 saturated carbocycles. The van der Waals surface area contributed by atoms with Gasteiger partial charge in [0.05, 0.1) is 38.7 Å². The minimum Gasteiger partial charge on any atom is -0.497 e. The van der Waals surface area contributed by atoms with Crippen molar-refractivity contribution >= 4 is 21.6 Å². The lowest BCUT2D eigenvalue weighted by molar-refractivity contribution is -0.128. The lowest BCUT2D eigenvalue weighted by Gasteiger charge is -2.35. The number of sulfonamides is 1. The van der Waals surface area contributed by atoms with Crippen molar-refractivity contribution in [3.8, 4) is 17.2 Å². The average Bonchev–Trinajstić information content (AvgIpc) is 2.75. The number of fused-ring (bicyclic) bond motifs is 1. The molecule has 0 spiro atoms. The van der Waals surface area contributed by atoms with Gasteiger partial charge in [-0.1, -0.05) is 26.8 Å². The topological polar surface area (TPSA) is 94.2 Å². The smallest absolute Gasteiger partial charge is 0.263 e. The Morgan fingerprint density at radius 1 is 1.15 bits per heavy atom. The number of benzene rings is 2. The van der Waals surface area contributed by atoms with Crippen LogP contribution in [0.3, 0.4) is 0 Å². The number of nitrogens with one attached hydrogen (secondary N) is 1. The second-order valence-electron chi connectivity index (χ2n) is 9.17. The molecule has 1 aliphatic heterocycles. The Morgan fingerprint density at radius 2 is 1.85 bits per heavy atom. The SMILES string of the molecule is COc1ccc(OC)c([C@@H](C)NC(=O)[C@H]2CN(S(C)(=O)=O)c3cc(C(C)(C)C)ccc3O2)c1. The number of carbonyl (C=O) groups excluding carboxylic acids is 1. The minimum atomic E-state index is -3.63. The van der Waals surface area contributed by atoms with Crippen LogP contribution in [0.4, 0.5) is 5.69 Å². The molecule has 0 unspecified atom stereocenters. The van der Waals surface area contributed by atoms with Gasteiger partial charge in [-0.3, -0.25) is 9.10 Å². The number of ether oxygens (including phenoxy) is 3. The maximum absolute atomic E-state index is 13.1. The molecule has 0 radical (unpaired) electrons. The van der Waals surface area contributed by atoms with E-state index in [0.29, 0.717) is 22.9 Å². The molecule has 0 saturated heterocycles. The summed E-state index contributed by atoms with van der Waals surface area (Å²) in [6.07, 6.45) is 0.122. The Bertz CT molecular complexity index is 1140. The van der Waals surface area contributed by atoms with E-state index in [-0.39, 0.29) is 12.0 Å². The van der Waals surface area contributed by atoms with Crippen LogP contribution in [-0.2, 0) is 20.2 Å². The fourth-order valence-corrected chi connectivity index (χ4v) is 4.64. The third-order valence-electron chi connectivity index (χ3n) is 5.65. The fraction of sp³-hybridized carbons (Fsp3) is 0.458. The third-order valence-corrected chi connectivity index (χ3v) is 6.80. The standard InChI is InChI=1S/C24H32N2O6S/c1-15(18-13-17(30-5)9-11-20(18)31-6)25-23(27)22-14-26(33(7,28)29)19-12-16(24(2,3)4)8-10-21(19)32-22/h8-13,15,22H,14H2,1-7H3,(H,25,27)/t15-,22-/m1/s1. The molecule has 1 amide bonds.